The van der Waals surface area contributed by atoms with Crippen LogP contribution in [0.1, 0.15) is 43.1 Å². The van der Waals surface area contributed by atoms with Crippen LogP contribution in [-0.4, -0.2) is 41.8 Å². The van der Waals surface area contributed by atoms with Crippen LogP contribution in [0.15, 0.2) is 24.3 Å². The number of fused-ring (bicyclic) bond motifs is 1. The highest BCUT2D eigenvalue weighted by molar-refractivity contribution is 6.01. The first-order valence-electron chi connectivity index (χ1n) is 7.53. The molecule has 2 unspecified atom stereocenters. The first kappa shape index (κ1) is 19.1. The summed E-state index contributed by atoms with van der Waals surface area (Å²) in [6.07, 6.45) is 0.511. The molecular formula is C17H26ClNO3. The summed E-state index contributed by atoms with van der Waals surface area (Å²) in [6, 6.07) is 7.67. The summed E-state index contributed by atoms with van der Waals surface area (Å²) in [5.41, 5.74) is 1.81. The number of ketones is 1. The molecule has 0 amide bonds. The van der Waals surface area contributed by atoms with Crippen molar-refractivity contribution in [1.82, 2.24) is 5.32 Å². The molecule has 0 heterocycles. The van der Waals surface area contributed by atoms with Crippen LogP contribution in [0.2, 0.25) is 0 Å². The number of β-amino-alcohol motifs (C(OH)–C–C–N with tert-alkyl or cyclic N) is 1. The minimum atomic E-state index is -0.603. The number of rotatable bonds is 5. The van der Waals surface area contributed by atoms with E-state index in [-0.39, 0.29) is 30.3 Å². The van der Waals surface area contributed by atoms with Gasteiger partial charge >= 0.3 is 0 Å². The molecular weight excluding hydrogens is 302 g/mol. The van der Waals surface area contributed by atoms with Crippen molar-refractivity contribution >= 4 is 18.2 Å². The number of benzene rings is 1. The minimum Gasteiger partial charge on any atom is -0.389 e. The number of carbonyl (C=O) groups is 1. The second-order valence-corrected chi connectivity index (χ2v) is 6.67. The van der Waals surface area contributed by atoms with Crippen molar-refractivity contribution in [2.75, 3.05) is 13.2 Å². The highest BCUT2D eigenvalue weighted by Gasteiger charge is 2.28. The molecule has 1 aromatic rings. The molecule has 2 rings (SSSR count). The molecule has 0 aromatic heterocycles. The summed E-state index contributed by atoms with van der Waals surface area (Å²) >= 11 is 0. The van der Waals surface area contributed by atoms with E-state index < -0.39 is 12.2 Å². The third kappa shape index (κ3) is 5.36. The lowest BCUT2D eigenvalue weighted by Crippen LogP contribution is -2.43. The van der Waals surface area contributed by atoms with Gasteiger partial charge in [0, 0.05) is 17.6 Å². The lowest BCUT2D eigenvalue weighted by Gasteiger charge is -2.26. The number of carbonyl (C=O) groups excluding carboxylic acids is 1. The minimum absolute atomic E-state index is 0. The Labute approximate surface area is 138 Å². The van der Waals surface area contributed by atoms with Crippen LogP contribution < -0.4 is 5.32 Å². The van der Waals surface area contributed by atoms with Crippen molar-refractivity contribution < 1.29 is 14.6 Å². The summed E-state index contributed by atoms with van der Waals surface area (Å²) < 4.78 is 5.64. The van der Waals surface area contributed by atoms with E-state index in [1.807, 2.05) is 45.0 Å². The van der Waals surface area contributed by atoms with Gasteiger partial charge in [0.2, 0.25) is 0 Å². The average Bonchev–Trinajstić information content (AvgIpc) is 2.44. The fraction of sp³-hybridized carbons (Fsp3) is 0.588. The number of Topliss-reactive ketones (excluding diaryl/α,β-unsaturated/α-hetero) is 1. The quantitative estimate of drug-likeness (QED) is 0.871. The molecule has 0 radical (unpaired) electrons. The van der Waals surface area contributed by atoms with Crippen molar-refractivity contribution in [3.05, 3.63) is 35.4 Å². The Morgan fingerprint density at radius 3 is 2.73 bits per heavy atom. The highest BCUT2D eigenvalue weighted by atomic mass is 35.5. The van der Waals surface area contributed by atoms with E-state index in [0.29, 0.717) is 13.0 Å². The van der Waals surface area contributed by atoms with Gasteiger partial charge in [-0.25, -0.2) is 0 Å². The molecule has 1 aromatic carbocycles. The molecule has 1 aliphatic rings. The van der Waals surface area contributed by atoms with Gasteiger partial charge in [-0.15, -0.1) is 12.4 Å². The molecule has 2 N–H and O–H groups in total. The molecule has 0 saturated heterocycles. The maximum atomic E-state index is 12.3. The zero-order valence-corrected chi connectivity index (χ0v) is 14.3. The summed E-state index contributed by atoms with van der Waals surface area (Å²) in [4.78, 5) is 12.3. The SMILES string of the molecule is CC(C)(C)NCC(O)COC1CCc2ccccc2C1=O.Cl. The van der Waals surface area contributed by atoms with Crippen molar-refractivity contribution in [1.29, 1.82) is 0 Å². The van der Waals surface area contributed by atoms with E-state index in [4.69, 9.17) is 4.74 Å². The number of nitrogens with one attached hydrogen (secondary N) is 1. The zero-order valence-electron chi connectivity index (χ0n) is 13.5. The largest absolute Gasteiger partial charge is 0.389 e. The van der Waals surface area contributed by atoms with Crippen LogP contribution in [0.3, 0.4) is 0 Å². The van der Waals surface area contributed by atoms with Gasteiger partial charge < -0.3 is 15.2 Å². The number of hydrogen-bond donors (Lipinski definition) is 2. The summed E-state index contributed by atoms with van der Waals surface area (Å²) in [7, 11) is 0. The monoisotopic (exact) mass is 327 g/mol. The molecule has 5 heteroatoms. The van der Waals surface area contributed by atoms with Crippen molar-refractivity contribution in [3.8, 4) is 0 Å². The molecule has 4 nitrogen and oxygen atoms in total. The standard InChI is InChI=1S/C17H25NO3.ClH/c1-17(2,3)18-10-13(19)11-21-15-9-8-12-6-4-5-7-14(12)16(15)20;/h4-7,13,15,18-19H,8-11H2,1-3H3;1H. The highest BCUT2D eigenvalue weighted by Crippen LogP contribution is 2.23. The molecule has 0 aliphatic heterocycles. The number of ether oxygens (including phenoxy) is 1. The van der Waals surface area contributed by atoms with Crippen molar-refractivity contribution in [2.45, 2.75) is 51.4 Å². The van der Waals surface area contributed by atoms with Gasteiger partial charge in [-0.1, -0.05) is 24.3 Å². The van der Waals surface area contributed by atoms with E-state index in [1.165, 1.54) is 0 Å². The molecule has 2 atom stereocenters. The third-order valence-corrected chi connectivity index (χ3v) is 3.61. The van der Waals surface area contributed by atoms with Crippen LogP contribution in [0.4, 0.5) is 0 Å². The Balaban J connectivity index is 0.00000242. The van der Waals surface area contributed by atoms with Gasteiger partial charge in [0.25, 0.3) is 0 Å². The fourth-order valence-electron chi connectivity index (χ4n) is 2.44. The van der Waals surface area contributed by atoms with E-state index in [0.717, 1.165) is 17.5 Å². The van der Waals surface area contributed by atoms with Crippen LogP contribution in [0.25, 0.3) is 0 Å². The van der Waals surface area contributed by atoms with Crippen molar-refractivity contribution in [3.63, 3.8) is 0 Å². The molecule has 0 saturated carbocycles. The van der Waals surface area contributed by atoms with Crippen LogP contribution in [0.5, 0.6) is 0 Å². The lowest BCUT2D eigenvalue weighted by atomic mass is 9.89. The number of hydrogen-bond acceptors (Lipinski definition) is 4. The van der Waals surface area contributed by atoms with Gasteiger partial charge in [0.05, 0.1) is 12.7 Å². The van der Waals surface area contributed by atoms with Crippen LogP contribution in [-0.2, 0) is 11.2 Å². The van der Waals surface area contributed by atoms with Gasteiger partial charge in [-0.3, -0.25) is 4.79 Å². The summed E-state index contributed by atoms with van der Waals surface area (Å²) in [5, 5.41) is 13.1. The smallest absolute Gasteiger partial charge is 0.191 e. The number of aryl methyl sites for hydroxylation is 1. The Morgan fingerprint density at radius 1 is 1.36 bits per heavy atom. The van der Waals surface area contributed by atoms with Crippen LogP contribution in [0, 0.1) is 0 Å². The number of halogens is 1. The van der Waals surface area contributed by atoms with Gasteiger partial charge in [0.15, 0.2) is 5.78 Å². The number of aliphatic hydroxyl groups excluding tert-OH is 1. The Kier molecular flexibility index (Phi) is 7.00. The van der Waals surface area contributed by atoms with E-state index in [1.54, 1.807) is 0 Å². The second-order valence-electron chi connectivity index (χ2n) is 6.67. The Hall–Kier alpha value is -0.940. The lowest BCUT2D eigenvalue weighted by molar-refractivity contribution is -0.00739. The maximum absolute atomic E-state index is 12.3. The normalized spacial score (nSPS) is 19.3. The van der Waals surface area contributed by atoms with E-state index in [9.17, 15) is 9.90 Å². The van der Waals surface area contributed by atoms with E-state index in [2.05, 4.69) is 5.32 Å². The third-order valence-electron chi connectivity index (χ3n) is 3.61. The number of aliphatic hydroxyl groups is 1. The topological polar surface area (TPSA) is 58.6 Å². The second kappa shape index (κ2) is 8.06. The maximum Gasteiger partial charge on any atom is 0.191 e. The van der Waals surface area contributed by atoms with Crippen molar-refractivity contribution in [2.24, 2.45) is 0 Å². The van der Waals surface area contributed by atoms with E-state index >= 15 is 0 Å². The predicted octanol–water partition coefficient (Wildman–Crippen LogP) is 2.37. The molecule has 22 heavy (non-hydrogen) atoms. The van der Waals surface area contributed by atoms with Gasteiger partial charge in [-0.05, 0) is 39.2 Å². The average molecular weight is 328 g/mol. The molecule has 0 spiro atoms. The van der Waals surface area contributed by atoms with Gasteiger partial charge in [-0.2, -0.15) is 0 Å². The summed E-state index contributed by atoms with van der Waals surface area (Å²) in [5.74, 6) is 0.0350. The predicted molar refractivity (Wildman–Crippen MR) is 89.8 cm³/mol. The molecule has 1 aliphatic carbocycles. The Bertz CT molecular complexity index is 499. The zero-order chi connectivity index (χ0) is 15.5. The molecule has 124 valence electrons. The molecule has 0 fully saturated rings. The van der Waals surface area contributed by atoms with Gasteiger partial charge in [0.1, 0.15) is 6.10 Å². The molecule has 0 bridgehead atoms. The first-order chi connectivity index (χ1) is 9.87. The summed E-state index contributed by atoms with van der Waals surface area (Å²) in [6.45, 7) is 6.77. The van der Waals surface area contributed by atoms with Crippen LogP contribution >= 0.6 is 12.4 Å². The first-order valence-corrected chi connectivity index (χ1v) is 7.53. The fourth-order valence-corrected chi connectivity index (χ4v) is 2.44. The Morgan fingerprint density at radius 2 is 2.05 bits per heavy atom.